The van der Waals surface area contributed by atoms with Crippen LogP contribution in [0.15, 0.2) is 36.4 Å². The molecule has 0 fully saturated rings. The minimum absolute atomic E-state index is 0.0528. The molecule has 3 rings (SSSR count). The van der Waals surface area contributed by atoms with Crippen LogP contribution in [0.3, 0.4) is 0 Å². The SMILES string of the molecule is Cc1cc(F)cc(C)c1C(Cl)C1Cc2ccccc2C1. The van der Waals surface area contributed by atoms with Crippen molar-refractivity contribution in [2.45, 2.75) is 32.1 Å². The van der Waals surface area contributed by atoms with Gasteiger partial charge in [-0.3, -0.25) is 0 Å². The Kier molecular flexibility index (Phi) is 3.55. The molecule has 0 N–H and O–H groups in total. The molecule has 20 heavy (non-hydrogen) atoms. The van der Waals surface area contributed by atoms with Gasteiger partial charge in [-0.05, 0) is 72.6 Å². The number of rotatable bonds is 2. The van der Waals surface area contributed by atoms with E-state index < -0.39 is 0 Å². The quantitative estimate of drug-likeness (QED) is 0.672. The lowest BCUT2D eigenvalue weighted by Gasteiger charge is -2.21. The van der Waals surface area contributed by atoms with E-state index in [2.05, 4.69) is 24.3 Å². The van der Waals surface area contributed by atoms with Gasteiger partial charge in [0.1, 0.15) is 5.82 Å². The van der Waals surface area contributed by atoms with E-state index in [1.54, 1.807) is 12.1 Å². The van der Waals surface area contributed by atoms with E-state index >= 15 is 0 Å². The molecular formula is C18H18ClF. The van der Waals surface area contributed by atoms with Crippen molar-refractivity contribution in [1.29, 1.82) is 0 Å². The van der Waals surface area contributed by atoms with E-state index in [9.17, 15) is 4.39 Å². The largest absolute Gasteiger partial charge is 0.207 e. The zero-order chi connectivity index (χ0) is 14.3. The van der Waals surface area contributed by atoms with Crippen molar-refractivity contribution >= 4 is 11.6 Å². The lowest BCUT2D eigenvalue weighted by molar-refractivity contribution is 0.536. The van der Waals surface area contributed by atoms with Gasteiger partial charge in [0.05, 0.1) is 5.38 Å². The fourth-order valence-electron chi connectivity index (χ4n) is 3.39. The molecule has 1 aliphatic rings. The molecule has 0 radical (unpaired) electrons. The van der Waals surface area contributed by atoms with E-state index in [4.69, 9.17) is 11.6 Å². The highest BCUT2D eigenvalue weighted by Crippen LogP contribution is 2.41. The van der Waals surface area contributed by atoms with Gasteiger partial charge in [-0.2, -0.15) is 0 Å². The summed E-state index contributed by atoms with van der Waals surface area (Å²) in [6, 6.07) is 11.7. The number of fused-ring (bicyclic) bond motifs is 1. The third-order valence-electron chi connectivity index (χ3n) is 4.33. The van der Waals surface area contributed by atoms with Crippen molar-refractivity contribution in [3.63, 3.8) is 0 Å². The molecule has 2 aromatic carbocycles. The van der Waals surface area contributed by atoms with Gasteiger partial charge in [0, 0.05) is 0 Å². The second kappa shape index (κ2) is 5.21. The Morgan fingerprint density at radius 1 is 1.05 bits per heavy atom. The zero-order valence-electron chi connectivity index (χ0n) is 11.8. The first-order valence-corrected chi connectivity index (χ1v) is 7.47. The van der Waals surface area contributed by atoms with Crippen LogP contribution in [0.25, 0.3) is 0 Å². The number of hydrogen-bond acceptors (Lipinski definition) is 0. The highest BCUT2D eigenvalue weighted by atomic mass is 35.5. The van der Waals surface area contributed by atoms with Crippen molar-refractivity contribution in [2.24, 2.45) is 5.92 Å². The summed E-state index contributed by atoms with van der Waals surface area (Å²) in [5, 5.41) is -0.0528. The number of alkyl halides is 1. The molecule has 2 heteroatoms. The standard InChI is InChI=1S/C18H18ClF/c1-11-7-16(20)8-12(2)17(11)18(19)15-9-13-5-3-4-6-14(13)10-15/h3-8,15,18H,9-10H2,1-2H3. The molecule has 0 saturated heterocycles. The van der Waals surface area contributed by atoms with Crippen LogP contribution in [0.4, 0.5) is 4.39 Å². The first-order valence-electron chi connectivity index (χ1n) is 7.03. The summed E-state index contributed by atoms with van der Waals surface area (Å²) < 4.78 is 13.4. The van der Waals surface area contributed by atoms with Crippen molar-refractivity contribution in [3.8, 4) is 0 Å². The Hall–Kier alpha value is -1.34. The molecule has 0 spiro atoms. The van der Waals surface area contributed by atoms with Gasteiger partial charge in [-0.15, -0.1) is 11.6 Å². The van der Waals surface area contributed by atoms with Gasteiger partial charge in [0.25, 0.3) is 0 Å². The van der Waals surface area contributed by atoms with Crippen LogP contribution in [0.5, 0.6) is 0 Å². The molecule has 0 aromatic heterocycles. The topological polar surface area (TPSA) is 0 Å². The van der Waals surface area contributed by atoms with Crippen molar-refractivity contribution in [1.82, 2.24) is 0 Å². The first kappa shape index (κ1) is 13.6. The Bertz CT molecular complexity index is 600. The number of hydrogen-bond donors (Lipinski definition) is 0. The maximum absolute atomic E-state index is 13.4. The number of halogens is 2. The van der Waals surface area contributed by atoms with Crippen molar-refractivity contribution in [2.75, 3.05) is 0 Å². The van der Waals surface area contributed by atoms with Crippen LogP contribution in [0, 0.1) is 25.6 Å². The molecule has 1 unspecified atom stereocenters. The molecule has 0 bridgehead atoms. The van der Waals surface area contributed by atoms with Gasteiger partial charge >= 0.3 is 0 Å². The monoisotopic (exact) mass is 288 g/mol. The Balaban J connectivity index is 1.90. The Morgan fingerprint density at radius 3 is 2.05 bits per heavy atom. The van der Waals surface area contributed by atoms with E-state index in [-0.39, 0.29) is 11.2 Å². The highest BCUT2D eigenvalue weighted by molar-refractivity contribution is 6.21. The summed E-state index contributed by atoms with van der Waals surface area (Å²) in [7, 11) is 0. The minimum atomic E-state index is -0.178. The average molecular weight is 289 g/mol. The number of aryl methyl sites for hydroxylation is 2. The van der Waals surface area contributed by atoms with E-state index in [0.29, 0.717) is 5.92 Å². The van der Waals surface area contributed by atoms with Crippen LogP contribution >= 0.6 is 11.6 Å². The number of benzene rings is 2. The van der Waals surface area contributed by atoms with E-state index in [1.807, 2.05) is 13.8 Å². The molecule has 0 saturated carbocycles. The lowest BCUT2D eigenvalue weighted by Crippen LogP contribution is -2.11. The third-order valence-corrected chi connectivity index (χ3v) is 4.91. The molecule has 0 heterocycles. The Labute approximate surface area is 124 Å². The zero-order valence-corrected chi connectivity index (χ0v) is 12.5. The fraction of sp³-hybridized carbons (Fsp3) is 0.333. The maximum Gasteiger partial charge on any atom is 0.123 e. The summed E-state index contributed by atoms with van der Waals surface area (Å²) in [6.45, 7) is 3.89. The molecule has 0 nitrogen and oxygen atoms in total. The van der Waals surface area contributed by atoms with E-state index in [1.165, 1.54) is 11.1 Å². The molecule has 1 atom stereocenters. The first-order chi connectivity index (χ1) is 9.56. The summed E-state index contributed by atoms with van der Waals surface area (Å²) in [5.74, 6) is 0.222. The van der Waals surface area contributed by atoms with Gasteiger partial charge in [0.15, 0.2) is 0 Å². The molecule has 1 aliphatic carbocycles. The second-order valence-corrected chi connectivity index (χ2v) is 6.26. The van der Waals surface area contributed by atoms with Crippen LogP contribution < -0.4 is 0 Å². The third kappa shape index (κ3) is 2.35. The molecule has 0 aliphatic heterocycles. The van der Waals surface area contributed by atoms with Gasteiger partial charge in [0.2, 0.25) is 0 Å². The smallest absolute Gasteiger partial charge is 0.123 e. The van der Waals surface area contributed by atoms with Crippen LogP contribution in [0.2, 0.25) is 0 Å². The minimum Gasteiger partial charge on any atom is -0.207 e. The molecule has 2 aromatic rings. The predicted molar refractivity (Wildman–Crippen MR) is 81.8 cm³/mol. The lowest BCUT2D eigenvalue weighted by atomic mass is 9.90. The summed E-state index contributed by atoms with van der Waals surface area (Å²) in [4.78, 5) is 0. The Morgan fingerprint density at radius 2 is 1.55 bits per heavy atom. The predicted octanol–water partition coefficient (Wildman–Crippen LogP) is 5.14. The van der Waals surface area contributed by atoms with Crippen LogP contribution in [-0.4, -0.2) is 0 Å². The van der Waals surface area contributed by atoms with Crippen molar-refractivity contribution in [3.05, 3.63) is 70.0 Å². The van der Waals surface area contributed by atoms with Gasteiger partial charge < -0.3 is 0 Å². The van der Waals surface area contributed by atoms with Crippen molar-refractivity contribution < 1.29 is 4.39 Å². The molecule has 0 amide bonds. The second-order valence-electron chi connectivity index (χ2n) is 5.79. The van der Waals surface area contributed by atoms with Crippen LogP contribution in [0.1, 0.15) is 33.2 Å². The summed E-state index contributed by atoms with van der Waals surface area (Å²) in [6.07, 6.45) is 2.03. The van der Waals surface area contributed by atoms with Crippen LogP contribution in [-0.2, 0) is 12.8 Å². The summed E-state index contributed by atoms with van der Waals surface area (Å²) in [5.41, 5.74) is 5.82. The average Bonchev–Trinajstić information content (AvgIpc) is 2.81. The summed E-state index contributed by atoms with van der Waals surface area (Å²) >= 11 is 6.74. The normalized spacial score (nSPS) is 16.2. The van der Waals surface area contributed by atoms with Gasteiger partial charge in [-0.1, -0.05) is 24.3 Å². The van der Waals surface area contributed by atoms with Gasteiger partial charge in [-0.25, -0.2) is 4.39 Å². The highest BCUT2D eigenvalue weighted by Gasteiger charge is 2.30. The molecule has 104 valence electrons. The van der Waals surface area contributed by atoms with E-state index in [0.717, 1.165) is 29.5 Å². The fourth-order valence-corrected chi connectivity index (χ4v) is 3.91. The molecular weight excluding hydrogens is 271 g/mol. The maximum atomic E-state index is 13.4.